The van der Waals surface area contributed by atoms with Crippen LogP contribution >= 0.6 is 0 Å². The van der Waals surface area contributed by atoms with Gasteiger partial charge in [-0.1, -0.05) is 42.5 Å². The van der Waals surface area contributed by atoms with E-state index in [4.69, 9.17) is 4.74 Å². The molecule has 27 heavy (non-hydrogen) atoms. The fourth-order valence-electron chi connectivity index (χ4n) is 3.37. The number of hydrogen-bond acceptors (Lipinski definition) is 4. The van der Waals surface area contributed by atoms with Crippen molar-refractivity contribution in [1.82, 2.24) is 15.1 Å². The number of urea groups is 1. The van der Waals surface area contributed by atoms with Gasteiger partial charge in [-0.2, -0.15) is 0 Å². The van der Waals surface area contributed by atoms with E-state index in [1.54, 1.807) is 7.11 Å². The lowest BCUT2D eigenvalue weighted by Crippen LogP contribution is -2.48. The van der Waals surface area contributed by atoms with Crippen molar-refractivity contribution >= 4 is 11.7 Å². The van der Waals surface area contributed by atoms with Gasteiger partial charge >= 0.3 is 6.03 Å². The third kappa shape index (κ3) is 5.21. The van der Waals surface area contributed by atoms with Crippen molar-refractivity contribution in [1.29, 1.82) is 0 Å². The van der Waals surface area contributed by atoms with Crippen molar-refractivity contribution < 1.29 is 9.53 Å². The van der Waals surface area contributed by atoms with Gasteiger partial charge in [0.15, 0.2) is 0 Å². The van der Waals surface area contributed by atoms with Crippen LogP contribution < -0.4 is 15.4 Å². The molecule has 1 unspecified atom stereocenters. The minimum absolute atomic E-state index is 0.156. The molecule has 3 rings (SSSR count). The third-order valence-electron chi connectivity index (χ3n) is 4.97. The fraction of sp³-hybridized carbons (Fsp3) is 0.381. The van der Waals surface area contributed by atoms with Crippen LogP contribution in [0.25, 0.3) is 0 Å². The zero-order valence-electron chi connectivity index (χ0n) is 16.0. The van der Waals surface area contributed by atoms with Crippen LogP contribution in [-0.2, 0) is 0 Å². The number of nitrogens with one attached hydrogen (secondary N) is 2. The van der Waals surface area contributed by atoms with Crippen molar-refractivity contribution in [2.75, 3.05) is 52.2 Å². The van der Waals surface area contributed by atoms with Crippen LogP contribution in [0, 0.1) is 0 Å². The van der Waals surface area contributed by atoms with Gasteiger partial charge in [-0.3, -0.25) is 4.90 Å². The Kier molecular flexibility index (Phi) is 6.68. The summed E-state index contributed by atoms with van der Waals surface area (Å²) in [6.45, 7) is 4.61. The first-order chi connectivity index (χ1) is 13.2. The first kappa shape index (κ1) is 19.2. The zero-order chi connectivity index (χ0) is 19.1. The standard InChI is InChI=1S/C21H28N4O2/c1-24-12-14-25(15-13-24)19(17-8-4-3-5-9-17)16-22-21(26)23-18-10-6-7-11-20(18)27-2/h3-11,19H,12-16H2,1-2H3,(H2,22,23,26). The molecular formula is C21H28N4O2. The van der Waals surface area contributed by atoms with E-state index < -0.39 is 0 Å². The molecule has 1 saturated heterocycles. The van der Waals surface area contributed by atoms with E-state index in [1.807, 2.05) is 42.5 Å². The lowest BCUT2D eigenvalue weighted by molar-refractivity contribution is 0.111. The number of amides is 2. The average molecular weight is 368 g/mol. The molecule has 2 aromatic rings. The van der Waals surface area contributed by atoms with Gasteiger partial charge in [0.25, 0.3) is 0 Å². The Balaban J connectivity index is 1.64. The van der Waals surface area contributed by atoms with Gasteiger partial charge < -0.3 is 20.3 Å². The maximum Gasteiger partial charge on any atom is 0.319 e. The van der Waals surface area contributed by atoms with Gasteiger partial charge in [0.1, 0.15) is 5.75 Å². The summed E-state index contributed by atoms with van der Waals surface area (Å²) in [4.78, 5) is 17.2. The third-order valence-corrected chi connectivity index (χ3v) is 4.97. The number of hydrogen-bond donors (Lipinski definition) is 2. The van der Waals surface area contributed by atoms with Gasteiger partial charge in [-0.25, -0.2) is 4.79 Å². The highest BCUT2D eigenvalue weighted by Crippen LogP contribution is 2.24. The summed E-state index contributed by atoms with van der Waals surface area (Å²) >= 11 is 0. The quantitative estimate of drug-likeness (QED) is 0.823. The van der Waals surface area contributed by atoms with Gasteiger partial charge in [0.2, 0.25) is 0 Å². The molecule has 1 aliphatic rings. The van der Waals surface area contributed by atoms with Crippen molar-refractivity contribution in [3.63, 3.8) is 0 Å². The molecule has 6 heteroatoms. The number of piperazine rings is 1. The number of carbonyl (C=O) groups excluding carboxylic acids is 1. The van der Waals surface area contributed by atoms with Gasteiger partial charge in [0.05, 0.1) is 18.8 Å². The summed E-state index contributed by atoms with van der Waals surface area (Å²) in [5, 5.41) is 5.91. The molecule has 144 valence electrons. The molecular weight excluding hydrogens is 340 g/mol. The van der Waals surface area contributed by atoms with E-state index >= 15 is 0 Å². The number of likely N-dealkylation sites (N-methyl/N-ethyl adjacent to an activating group) is 1. The van der Waals surface area contributed by atoms with Crippen molar-refractivity contribution in [3.8, 4) is 5.75 Å². The molecule has 1 heterocycles. The van der Waals surface area contributed by atoms with Crippen molar-refractivity contribution in [2.45, 2.75) is 6.04 Å². The van der Waals surface area contributed by atoms with E-state index in [9.17, 15) is 4.79 Å². The maximum atomic E-state index is 12.4. The number of benzene rings is 2. The summed E-state index contributed by atoms with van der Waals surface area (Å²) < 4.78 is 5.29. The summed E-state index contributed by atoms with van der Waals surface area (Å²) in [5.41, 5.74) is 1.88. The minimum atomic E-state index is -0.227. The smallest absolute Gasteiger partial charge is 0.319 e. The van der Waals surface area contributed by atoms with Crippen LogP contribution in [0.4, 0.5) is 10.5 Å². The minimum Gasteiger partial charge on any atom is -0.495 e. The predicted octanol–water partition coefficient (Wildman–Crippen LogP) is 2.81. The average Bonchev–Trinajstić information content (AvgIpc) is 2.70. The lowest BCUT2D eigenvalue weighted by atomic mass is 10.0. The van der Waals surface area contributed by atoms with Crippen LogP contribution in [0.5, 0.6) is 5.75 Å². The number of methoxy groups -OCH3 is 1. The number of carbonyl (C=O) groups is 1. The Morgan fingerprint density at radius 1 is 1.04 bits per heavy atom. The van der Waals surface area contributed by atoms with Crippen molar-refractivity contribution in [2.24, 2.45) is 0 Å². The molecule has 0 aliphatic carbocycles. The second-order valence-electron chi connectivity index (χ2n) is 6.80. The molecule has 2 amide bonds. The van der Waals surface area contributed by atoms with Crippen molar-refractivity contribution in [3.05, 3.63) is 60.2 Å². The van der Waals surface area contributed by atoms with E-state index in [0.29, 0.717) is 18.0 Å². The Morgan fingerprint density at radius 2 is 1.70 bits per heavy atom. The fourth-order valence-corrected chi connectivity index (χ4v) is 3.37. The monoisotopic (exact) mass is 368 g/mol. The molecule has 0 saturated carbocycles. The number of anilines is 1. The van der Waals surface area contributed by atoms with E-state index in [-0.39, 0.29) is 12.1 Å². The van der Waals surface area contributed by atoms with Gasteiger partial charge in [0, 0.05) is 32.7 Å². The number of nitrogens with zero attached hydrogens (tertiary/aromatic N) is 2. The highest BCUT2D eigenvalue weighted by Gasteiger charge is 2.24. The van der Waals surface area contributed by atoms with Gasteiger partial charge in [-0.05, 0) is 24.7 Å². The zero-order valence-corrected chi connectivity index (χ0v) is 16.0. The molecule has 2 aromatic carbocycles. The topological polar surface area (TPSA) is 56.8 Å². The Labute approximate surface area is 161 Å². The number of rotatable bonds is 6. The molecule has 0 bridgehead atoms. The molecule has 6 nitrogen and oxygen atoms in total. The van der Waals surface area contributed by atoms with Crippen LogP contribution in [0.1, 0.15) is 11.6 Å². The summed E-state index contributed by atoms with van der Waals surface area (Å²) in [7, 11) is 3.74. The van der Waals surface area contributed by atoms with Crippen LogP contribution in [0.3, 0.4) is 0 Å². The normalized spacial score (nSPS) is 16.5. The van der Waals surface area contributed by atoms with Crippen LogP contribution in [-0.4, -0.2) is 62.7 Å². The second-order valence-corrected chi connectivity index (χ2v) is 6.80. The van der Waals surface area contributed by atoms with Crippen LogP contribution in [0.2, 0.25) is 0 Å². The van der Waals surface area contributed by atoms with E-state index in [0.717, 1.165) is 26.2 Å². The summed E-state index contributed by atoms with van der Waals surface area (Å²) in [6, 6.07) is 17.7. The second kappa shape index (κ2) is 9.39. The summed E-state index contributed by atoms with van der Waals surface area (Å²) in [5.74, 6) is 0.645. The lowest BCUT2D eigenvalue weighted by Gasteiger charge is -2.38. The molecule has 0 radical (unpaired) electrons. The Bertz CT molecular complexity index is 730. The van der Waals surface area contributed by atoms with Gasteiger partial charge in [-0.15, -0.1) is 0 Å². The van der Waals surface area contributed by atoms with E-state index in [1.165, 1.54) is 5.56 Å². The molecule has 0 spiro atoms. The maximum absolute atomic E-state index is 12.4. The molecule has 1 atom stereocenters. The predicted molar refractivity (Wildman–Crippen MR) is 108 cm³/mol. The Hall–Kier alpha value is -2.57. The highest BCUT2D eigenvalue weighted by atomic mass is 16.5. The molecule has 1 fully saturated rings. The molecule has 0 aromatic heterocycles. The summed E-state index contributed by atoms with van der Waals surface area (Å²) in [6.07, 6.45) is 0. The van der Waals surface area contributed by atoms with Crippen LogP contribution in [0.15, 0.2) is 54.6 Å². The largest absolute Gasteiger partial charge is 0.495 e. The SMILES string of the molecule is COc1ccccc1NC(=O)NCC(c1ccccc1)N1CCN(C)CC1. The van der Waals surface area contributed by atoms with E-state index in [2.05, 4.69) is 39.6 Å². The first-order valence-electron chi connectivity index (χ1n) is 9.33. The highest BCUT2D eigenvalue weighted by molar-refractivity contribution is 5.90. The first-order valence-corrected chi connectivity index (χ1v) is 9.33. The molecule has 1 aliphatic heterocycles. The number of para-hydroxylation sites is 2. The number of ether oxygens (including phenoxy) is 1. The molecule has 2 N–H and O–H groups in total. The Morgan fingerprint density at radius 3 is 2.41 bits per heavy atom.